The third-order valence-corrected chi connectivity index (χ3v) is 3.66. The van der Waals surface area contributed by atoms with Crippen molar-refractivity contribution < 1.29 is 4.79 Å². The van der Waals surface area contributed by atoms with Crippen LogP contribution in [0.15, 0.2) is 35.1 Å². The molecule has 0 fully saturated rings. The van der Waals surface area contributed by atoms with Crippen LogP contribution >= 0.6 is 15.9 Å². The molecule has 0 aliphatic carbocycles. The maximum absolute atomic E-state index is 12.0. The van der Waals surface area contributed by atoms with E-state index in [-0.39, 0.29) is 11.8 Å². The number of nitrogens with one attached hydrogen (secondary N) is 1. The lowest BCUT2D eigenvalue weighted by Gasteiger charge is -2.12. The van der Waals surface area contributed by atoms with E-state index in [4.69, 9.17) is 0 Å². The molecule has 0 saturated carbocycles. The number of nitrogens with zero attached hydrogens (tertiary/aromatic N) is 3. The Morgan fingerprint density at radius 3 is 2.70 bits per heavy atom. The molecule has 2 rings (SSSR count). The summed E-state index contributed by atoms with van der Waals surface area (Å²) in [6.45, 7) is 2.33. The van der Waals surface area contributed by atoms with E-state index < -0.39 is 0 Å². The van der Waals surface area contributed by atoms with Gasteiger partial charge < -0.3 is 5.32 Å². The number of aromatic nitrogens is 3. The number of carbonyl (C=O) groups is 1. The zero-order valence-electron chi connectivity index (χ0n) is 11.5. The molecule has 1 amide bonds. The summed E-state index contributed by atoms with van der Waals surface area (Å²) in [6.07, 6.45) is 2.20. The van der Waals surface area contributed by atoms with E-state index in [9.17, 15) is 4.79 Å². The van der Waals surface area contributed by atoms with E-state index >= 15 is 0 Å². The average molecular weight is 337 g/mol. The Labute approximate surface area is 126 Å². The molecule has 0 aliphatic rings. The second-order valence-electron chi connectivity index (χ2n) is 4.75. The van der Waals surface area contributed by atoms with Gasteiger partial charge in [0, 0.05) is 17.4 Å². The van der Waals surface area contributed by atoms with Crippen molar-refractivity contribution in [3.8, 4) is 0 Å². The van der Waals surface area contributed by atoms with Crippen molar-refractivity contribution >= 4 is 21.8 Å². The predicted molar refractivity (Wildman–Crippen MR) is 79.9 cm³/mol. The molecular weight excluding hydrogens is 320 g/mol. The van der Waals surface area contributed by atoms with Crippen LogP contribution in [-0.4, -0.2) is 20.7 Å². The SMILES string of the molecule is CC(Cc1ccc(Br)cc1)C(=O)NCc1ncnn1C. The van der Waals surface area contributed by atoms with Crippen molar-refractivity contribution in [2.24, 2.45) is 13.0 Å². The van der Waals surface area contributed by atoms with Gasteiger partial charge in [-0.1, -0.05) is 35.0 Å². The second kappa shape index (κ2) is 6.65. The lowest BCUT2D eigenvalue weighted by molar-refractivity contribution is -0.124. The number of hydrogen-bond acceptors (Lipinski definition) is 3. The molecule has 1 heterocycles. The molecule has 1 unspecified atom stereocenters. The van der Waals surface area contributed by atoms with Gasteiger partial charge in [0.1, 0.15) is 12.2 Å². The summed E-state index contributed by atoms with van der Waals surface area (Å²) in [4.78, 5) is 16.1. The molecule has 1 aromatic carbocycles. The Bertz CT molecular complexity index is 579. The Balaban J connectivity index is 1.86. The highest BCUT2D eigenvalue weighted by atomic mass is 79.9. The Hall–Kier alpha value is -1.69. The molecule has 0 spiro atoms. The highest BCUT2D eigenvalue weighted by Gasteiger charge is 2.14. The molecule has 0 radical (unpaired) electrons. The topological polar surface area (TPSA) is 59.8 Å². The van der Waals surface area contributed by atoms with Gasteiger partial charge in [-0.05, 0) is 24.1 Å². The monoisotopic (exact) mass is 336 g/mol. The van der Waals surface area contributed by atoms with E-state index in [2.05, 4.69) is 31.3 Å². The van der Waals surface area contributed by atoms with Crippen molar-refractivity contribution in [1.82, 2.24) is 20.1 Å². The molecule has 6 heteroatoms. The first kappa shape index (κ1) is 14.7. The van der Waals surface area contributed by atoms with Crippen LogP contribution in [0, 0.1) is 5.92 Å². The van der Waals surface area contributed by atoms with Crippen LogP contribution in [-0.2, 0) is 24.8 Å². The summed E-state index contributed by atoms with van der Waals surface area (Å²) in [5, 5.41) is 6.85. The molecule has 20 heavy (non-hydrogen) atoms. The zero-order valence-corrected chi connectivity index (χ0v) is 13.1. The van der Waals surface area contributed by atoms with Gasteiger partial charge in [0.2, 0.25) is 5.91 Å². The number of carbonyl (C=O) groups excluding carboxylic acids is 1. The minimum Gasteiger partial charge on any atom is -0.349 e. The van der Waals surface area contributed by atoms with Gasteiger partial charge in [-0.3, -0.25) is 9.48 Å². The van der Waals surface area contributed by atoms with E-state index in [0.29, 0.717) is 6.54 Å². The molecule has 1 atom stereocenters. The molecule has 5 nitrogen and oxygen atoms in total. The van der Waals surface area contributed by atoms with E-state index in [1.165, 1.54) is 6.33 Å². The van der Waals surface area contributed by atoms with Crippen LogP contribution in [0.25, 0.3) is 0 Å². The lowest BCUT2D eigenvalue weighted by atomic mass is 10.0. The molecule has 0 bridgehead atoms. The molecule has 0 aliphatic heterocycles. The molecule has 106 valence electrons. The number of benzene rings is 1. The highest BCUT2D eigenvalue weighted by Crippen LogP contribution is 2.14. The fourth-order valence-electron chi connectivity index (χ4n) is 1.89. The van der Waals surface area contributed by atoms with Crippen LogP contribution in [0.5, 0.6) is 0 Å². The lowest BCUT2D eigenvalue weighted by Crippen LogP contribution is -2.30. The van der Waals surface area contributed by atoms with Crippen molar-refractivity contribution in [2.75, 3.05) is 0 Å². The smallest absolute Gasteiger partial charge is 0.223 e. The number of aryl methyl sites for hydroxylation is 1. The minimum atomic E-state index is -0.0793. The van der Waals surface area contributed by atoms with Crippen molar-refractivity contribution in [3.63, 3.8) is 0 Å². The van der Waals surface area contributed by atoms with Crippen molar-refractivity contribution in [2.45, 2.75) is 19.9 Å². The Morgan fingerprint density at radius 1 is 1.40 bits per heavy atom. The number of amides is 1. The van der Waals surface area contributed by atoms with Gasteiger partial charge >= 0.3 is 0 Å². The summed E-state index contributed by atoms with van der Waals surface area (Å²) in [5.41, 5.74) is 1.15. The summed E-state index contributed by atoms with van der Waals surface area (Å²) in [5.74, 6) is 0.689. The van der Waals surface area contributed by atoms with Gasteiger partial charge in [0.15, 0.2) is 0 Å². The van der Waals surface area contributed by atoms with Crippen LogP contribution < -0.4 is 5.32 Å². The number of rotatable bonds is 5. The fraction of sp³-hybridized carbons (Fsp3) is 0.357. The number of halogens is 1. The fourth-order valence-corrected chi connectivity index (χ4v) is 2.15. The van der Waals surface area contributed by atoms with Crippen molar-refractivity contribution in [1.29, 1.82) is 0 Å². The third kappa shape index (κ3) is 3.90. The summed E-state index contributed by atoms with van der Waals surface area (Å²) < 4.78 is 2.69. The van der Waals surface area contributed by atoms with Gasteiger partial charge in [-0.15, -0.1) is 0 Å². The highest BCUT2D eigenvalue weighted by molar-refractivity contribution is 9.10. The van der Waals surface area contributed by atoms with Gasteiger partial charge in [0.05, 0.1) is 6.54 Å². The van der Waals surface area contributed by atoms with Crippen LogP contribution in [0.1, 0.15) is 18.3 Å². The van der Waals surface area contributed by atoms with Gasteiger partial charge in [-0.2, -0.15) is 5.10 Å². The predicted octanol–water partition coefficient (Wildman–Crippen LogP) is 2.07. The summed E-state index contributed by atoms with van der Waals surface area (Å²) in [6, 6.07) is 8.02. The largest absolute Gasteiger partial charge is 0.349 e. The van der Waals surface area contributed by atoms with E-state index in [1.807, 2.05) is 31.2 Å². The third-order valence-electron chi connectivity index (χ3n) is 3.13. The Kier molecular flexibility index (Phi) is 4.89. The zero-order chi connectivity index (χ0) is 14.5. The van der Waals surface area contributed by atoms with Crippen LogP contribution in [0.4, 0.5) is 0 Å². The van der Waals surface area contributed by atoms with E-state index in [0.717, 1.165) is 22.3 Å². The first-order valence-corrected chi connectivity index (χ1v) is 7.20. The average Bonchev–Trinajstić information content (AvgIpc) is 2.84. The quantitative estimate of drug-likeness (QED) is 0.909. The molecule has 1 N–H and O–H groups in total. The maximum Gasteiger partial charge on any atom is 0.223 e. The van der Waals surface area contributed by atoms with E-state index in [1.54, 1.807) is 11.7 Å². The maximum atomic E-state index is 12.0. The Morgan fingerprint density at radius 2 is 2.10 bits per heavy atom. The van der Waals surface area contributed by atoms with Crippen LogP contribution in [0.3, 0.4) is 0 Å². The normalized spacial score (nSPS) is 12.2. The van der Waals surface area contributed by atoms with Gasteiger partial charge in [0.25, 0.3) is 0 Å². The van der Waals surface area contributed by atoms with Crippen molar-refractivity contribution in [3.05, 3.63) is 46.5 Å². The standard InChI is InChI=1S/C14H17BrN4O/c1-10(7-11-3-5-12(15)6-4-11)14(20)16-8-13-17-9-18-19(13)2/h3-6,9-10H,7-8H2,1-2H3,(H,16,20). The molecule has 1 aromatic heterocycles. The van der Waals surface area contributed by atoms with Gasteiger partial charge in [-0.25, -0.2) is 4.98 Å². The first-order chi connectivity index (χ1) is 9.56. The summed E-state index contributed by atoms with van der Waals surface area (Å²) in [7, 11) is 1.81. The summed E-state index contributed by atoms with van der Waals surface area (Å²) >= 11 is 3.40. The molecular formula is C14H17BrN4O. The molecule has 2 aromatic rings. The first-order valence-electron chi connectivity index (χ1n) is 6.41. The van der Waals surface area contributed by atoms with Crippen LogP contribution in [0.2, 0.25) is 0 Å². The molecule has 0 saturated heterocycles. The minimum absolute atomic E-state index is 0.0240. The number of hydrogen-bond donors (Lipinski definition) is 1. The second-order valence-corrected chi connectivity index (χ2v) is 5.66.